The summed E-state index contributed by atoms with van der Waals surface area (Å²) >= 11 is 0. The molecule has 0 bridgehead atoms. The largest absolute Gasteiger partial charge is 0.351 e. The average molecular weight is 319 g/mol. The molecule has 0 unspecified atom stereocenters. The number of para-hydroxylation sites is 1. The van der Waals surface area contributed by atoms with Crippen molar-refractivity contribution in [3.8, 4) is 0 Å². The Morgan fingerprint density at radius 1 is 1.22 bits per heavy atom. The third kappa shape index (κ3) is 4.74. The maximum Gasteiger partial charge on any atom is 0.269 e. The van der Waals surface area contributed by atoms with Gasteiger partial charge in [-0.2, -0.15) is 0 Å². The Morgan fingerprint density at radius 3 is 2.57 bits per heavy atom. The summed E-state index contributed by atoms with van der Waals surface area (Å²) in [6, 6.07) is 6.60. The molecule has 0 radical (unpaired) electrons. The second-order valence-electron chi connectivity index (χ2n) is 5.59. The molecule has 0 fully saturated rings. The van der Waals surface area contributed by atoms with Gasteiger partial charge in [-0.05, 0) is 36.6 Å². The Kier molecular flexibility index (Phi) is 5.62. The second-order valence-corrected chi connectivity index (χ2v) is 5.59. The molecule has 0 aliphatic carbocycles. The van der Waals surface area contributed by atoms with Crippen LogP contribution < -0.4 is 10.6 Å². The third-order valence-electron chi connectivity index (χ3n) is 3.23. The van der Waals surface area contributed by atoms with Gasteiger partial charge in [-0.1, -0.05) is 19.9 Å². The van der Waals surface area contributed by atoms with E-state index in [9.17, 15) is 13.6 Å². The van der Waals surface area contributed by atoms with Crippen LogP contribution in [0.15, 0.2) is 36.5 Å². The topological polar surface area (TPSA) is 54.0 Å². The normalized spacial score (nSPS) is 10.7. The van der Waals surface area contributed by atoms with E-state index in [-0.39, 0.29) is 17.3 Å². The van der Waals surface area contributed by atoms with Crippen molar-refractivity contribution in [2.75, 3.05) is 11.9 Å². The van der Waals surface area contributed by atoms with Crippen LogP contribution >= 0.6 is 0 Å². The first-order valence-corrected chi connectivity index (χ1v) is 7.42. The molecule has 122 valence electrons. The lowest BCUT2D eigenvalue weighted by atomic mass is 10.1. The summed E-state index contributed by atoms with van der Waals surface area (Å²) in [6.45, 7) is 4.69. The van der Waals surface area contributed by atoms with Crippen LogP contribution in [0.5, 0.6) is 0 Å². The molecule has 2 N–H and O–H groups in total. The molecule has 1 amide bonds. The van der Waals surface area contributed by atoms with Gasteiger partial charge in [-0.15, -0.1) is 0 Å². The van der Waals surface area contributed by atoms with Crippen LogP contribution in [-0.4, -0.2) is 17.4 Å². The SMILES string of the molecule is CC(C)CCNC(=O)c1cc(Nc2c(F)cccc2F)ccn1. The van der Waals surface area contributed by atoms with Crippen LogP contribution in [0.2, 0.25) is 0 Å². The molecule has 0 aliphatic rings. The van der Waals surface area contributed by atoms with E-state index in [1.54, 1.807) is 0 Å². The molecule has 1 aromatic heterocycles. The number of benzene rings is 1. The minimum atomic E-state index is -0.704. The van der Waals surface area contributed by atoms with Gasteiger partial charge in [0.2, 0.25) is 0 Å². The van der Waals surface area contributed by atoms with E-state index in [1.165, 1.54) is 24.4 Å². The van der Waals surface area contributed by atoms with Crippen molar-refractivity contribution in [3.05, 3.63) is 53.9 Å². The van der Waals surface area contributed by atoms with Gasteiger partial charge in [-0.3, -0.25) is 9.78 Å². The molecule has 23 heavy (non-hydrogen) atoms. The second kappa shape index (κ2) is 7.67. The Hall–Kier alpha value is -2.50. The van der Waals surface area contributed by atoms with Crippen molar-refractivity contribution in [2.24, 2.45) is 5.92 Å². The maximum atomic E-state index is 13.6. The molecule has 1 heterocycles. The van der Waals surface area contributed by atoms with Crippen LogP contribution in [0.3, 0.4) is 0 Å². The smallest absolute Gasteiger partial charge is 0.269 e. The van der Waals surface area contributed by atoms with Gasteiger partial charge in [0.05, 0.1) is 0 Å². The minimum absolute atomic E-state index is 0.190. The van der Waals surface area contributed by atoms with E-state index in [0.717, 1.165) is 18.6 Å². The number of nitrogens with zero attached hydrogens (tertiary/aromatic N) is 1. The monoisotopic (exact) mass is 319 g/mol. The lowest BCUT2D eigenvalue weighted by Crippen LogP contribution is -2.26. The van der Waals surface area contributed by atoms with Crippen molar-refractivity contribution in [1.29, 1.82) is 0 Å². The first-order chi connectivity index (χ1) is 11.0. The van der Waals surface area contributed by atoms with Crippen molar-refractivity contribution in [3.63, 3.8) is 0 Å². The standard InChI is InChI=1S/C17H19F2N3O/c1-11(2)6-8-21-17(23)15-10-12(7-9-20-15)22-16-13(18)4-3-5-14(16)19/h3-5,7,9-11H,6,8H2,1-2H3,(H,20,22)(H,21,23). The van der Waals surface area contributed by atoms with E-state index in [2.05, 4.69) is 29.5 Å². The lowest BCUT2D eigenvalue weighted by molar-refractivity contribution is 0.0947. The zero-order valence-electron chi connectivity index (χ0n) is 13.1. The number of hydrogen-bond donors (Lipinski definition) is 2. The van der Waals surface area contributed by atoms with Crippen molar-refractivity contribution < 1.29 is 13.6 Å². The zero-order chi connectivity index (χ0) is 16.8. The fourth-order valence-corrected chi connectivity index (χ4v) is 1.96. The molecule has 0 saturated carbocycles. The Bertz CT molecular complexity index is 669. The van der Waals surface area contributed by atoms with Gasteiger partial charge in [-0.25, -0.2) is 8.78 Å². The highest BCUT2D eigenvalue weighted by Gasteiger charge is 2.11. The predicted molar refractivity (Wildman–Crippen MR) is 85.7 cm³/mol. The summed E-state index contributed by atoms with van der Waals surface area (Å²) < 4.78 is 27.3. The molecule has 2 aromatic rings. The fourth-order valence-electron chi connectivity index (χ4n) is 1.96. The molecular weight excluding hydrogens is 300 g/mol. The maximum absolute atomic E-state index is 13.6. The van der Waals surface area contributed by atoms with Gasteiger partial charge in [0, 0.05) is 18.4 Å². The molecular formula is C17H19F2N3O. The van der Waals surface area contributed by atoms with Crippen LogP contribution in [-0.2, 0) is 0 Å². The van der Waals surface area contributed by atoms with E-state index >= 15 is 0 Å². The number of pyridine rings is 1. The van der Waals surface area contributed by atoms with Crippen LogP contribution in [0.25, 0.3) is 0 Å². The first kappa shape index (κ1) is 16.9. The highest BCUT2D eigenvalue weighted by atomic mass is 19.1. The number of nitrogens with one attached hydrogen (secondary N) is 2. The fraction of sp³-hybridized carbons (Fsp3) is 0.294. The number of rotatable bonds is 6. The zero-order valence-corrected chi connectivity index (χ0v) is 13.1. The predicted octanol–water partition coefficient (Wildman–Crippen LogP) is 3.88. The highest BCUT2D eigenvalue weighted by Crippen LogP contribution is 2.23. The van der Waals surface area contributed by atoms with Crippen molar-refractivity contribution in [1.82, 2.24) is 10.3 Å². The van der Waals surface area contributed by atoms with Crippen LogP contribution in [0.1, 0.15) is 30.8 Å². The van der Waals surface area contributed by atoms with Crippen molar-refractivity contribution in [2.45, 2.75) is 20.3 Å². The van der Waals surface area contributed by atoms with Gasteiger partial charge in [0.25, 0.3) is 5.91 Å². The van der Waals surface area contributed by atoms with E-state index < -0.39 is 11.6 Å². The summed E-state index contributed by atoms with van der Waals surface area (Å²) in [5, 5.41) is 5.41. The number of carbonyl (C=O) groups excluding carboxylic acids is 1. The first-order valence-electron chi connectivity index (χ1n) is 7.42. The summed E-state index contributed by atoms with van der Waals surface area (Å²) in [6.07, 6.45) is 2.28. The van der Waals surface area contributed by atoms with E-state index in [0.29, 0.717) is 18.2 Å². The Morgan fingerprint density at radius 2 is 1.91 bits per heavy atom. The molecule has 2 rings (SSSR count). The number of halogens is 2. The minimum Gasteiger partial charge on any atom is -0.351 e. The quantitative estimate of drug-likeness (QED) is 0.849. The molecule has 4 nitrogen and oxygen atoms in total. The highest BCUT2D eigenvalue weighted by molar-refractivity contribution is 5.93. The molecule has 0 atom stereocenters. The summed E-state index contributed by atoms with van der Waals surface area (Å²) in [7, 11) is 0. The number of anilines is 2. The molecule has 0 aliphatic heterocycles. The molecule has 6 heteroatoms. The van der Waals surface area contributed by atoms with Crippen molar-refractivity contribution >= 4 is 17.3 Å². The summed E-state index contributed by atoms with van der Waals surface area (Å²) in [5.41, 5.74) is 0.318. The molecule has 1 aromatic carbocycles. The molecule has 0 saturated heterocycles. The van der Waals surface area contributed by atoms with Crippen LogP contribution in [0, 0.1) is 17.6 Å². The number of aromatic nitrogens is 1. The average Bonchev–Trinajstić information content (AvgIpc) is 2.51. The number of amides is 1. The number of hydrogen-bond acceptors (Lipinski definition) is 3. The van der Waals surface area contributed by atoms with Gasteiger partial charge >= 0.3 is 0 Å². The Labute approximate surface area is 133 Å². The van der Waals surface area contributed by atoms with E-state index in [4.69, 9.17) is 0 Å². The summed E-state index contributed by atoms with van der Waals surface area (Å²) in [4.78, 5) is 16.0. The van der Waals surface area contributed by atoms with Gasteiger partial charge in [0.1, 0.15) is 23.0 Å². The van der Waals surface area contributed by atoms with Gasteiger partial charge in [0.15, 0.2) is 0 Å². The Balaban J connectivity index is 2.09. The molecule has 0 spiro atoms. The van der Waals surface area contributed by atoms with E-state index in [1.807, 2.05) is 0 Å². The third-order valence-corrected chi connectivity index (χ3v) is 3.23. The lowest BCUT2D eigenvalue weighted by Gasteiger charge is -2.10. The van der Waals surface area contributed by atoms with Gasteiger partial charge < -0.3 is 10.6 Å². The number of carbonyl (C=O) groups is 1. The summed E-state index contributed by atoms with van der Waals surface area (Å²) in [5.74, 6) is -1.24. The van der Waals surface area contributed by atoms with Crippen LogP contribution in [0.4, 0.5) is 20.2 Å².